The van der Waals surface area contributed by atoms with Gasteiger partial charge in [-0.15, -0.1) is 0 Å². The number of hydrogen-bond donors (Lipinski definition) is 1. The number of hydroxylamine groups is 2. The number of aromatic hydroxyl groups is 1. The summed E-state index contributed by atoms with van der Waals surface area (Å²) in [5.74, 6) is -0.292. The van der Waals surface area contributed by atoms with Crippen LogP contribution in [0.25, 0.3) is 0 Å². The van der Waals surface area contributed by atoms with Gasteiger partial charge in [0.2, 0.25) is 0 Å². The van der Waals surface area contributed by atoms with Crippen LogP contribution in [0.1, 0.15) is 10.4 Å². The molecule has 0 aliphatic carbocycles. The van der Waals surface area contributed by atoms with Crippen LogP contribution in [-0.2, 0) is 4.84 Å². The molecule has 1 N–H and O–H groups in total. The van der Waals surface area contributed by atoms with Crippen LogP contribution >= 0.6 is 0 Å². The van der Waals surface area contributed by atoms with Crippen molar-refractivity contribution in [3.8, 4) is 11.5 Å². The van der Waals surface area contributed by atoms with E-state index in [2.05, 4.69) is 0 Å². The molecule has 1 aromatic carbocycles. The fourth-order valence-corrected chi connectivity index (χ4v) is 1.14. The van der Waals surface area contributed by atoms with Crippen LogP contribution in [0.5, 0.6) is 11.5 Å². The monoisotopic (exact) mass is 211 g/mol. The van der Waals surface area contributed by atoms with Crippen LogP contribution in [0.2, 0.25) is 0 Å². The van der Waals surface area contributed by atoms with E-state index in [1.165, 1.54) is 27.3 Å². The largest absolute Gasteiger partial charge is 0.507 e. The highest BCUT2D eigenvalue weighted by molar-refractivity contribution is 5.98. The van der Waals surface area contributed by atoms with Gasteiger partial charge in [0.15, 0.2) is 0 Å². The number of amides is 1. The molecule has 0 saturated heterocycles. The smallest absolute Gasteiger partial charge is 0.284 e. The third-order valence-corrected chi connectivity index (χ3v) is 2.00. The van der Waals surface area contributed by atoms with Gasteiger partial charge in [-0.25, -0.2) is 5.06 Å². The predicted molar refractivity (Wildman–Crippen MR) is 53.8 cm³/mol. The standard InChI is InChI=1S/C10H13NO4/c1-11(15-3)10(13)9-7(12)5-4-6-8(9)14-2/h4-6,12H,1-3H3. The summed E-state index contributed by atoms with van der Waals surface area (Å²) < 4.78 is 4.98. The van der Waals surface area contributed by atoms with E-state index in [0.29, 0.717) is 5.75 Å². The lowest BCUT2D eigenvalue weighted by Gasteiger charge is -2.16. The number of carbonyl (C=O) groups excluding carboxylic acids is 1. The van der Waals surface area contributed by atoms with Crippen molar-refractivity contribution in [2.45, 2.75) is 0 Å². The Morgan fingerprint density at radius 1 is 1.40 bits per heavy atom. The van der Waals surface area contributed by atoms with E-state index >= 15 is 0 Å². The second-order valence-corrected chi connectivity index (χ2v) is 2.84. The van der Waals surface area contributed by atoms with Crippen molar-refractivity contribution in [3.63, 3.8) is 0 Å². The Kier molecular flexibility index (Phi) is 3.51. The van der Waals surface area contributed by atoms with Crippen molar-refractivity contribution >= 4 is 5.91 Å². The lowest BCUT2D eigenvalue weighted by Crippen LogP contribution is -2.25. The van der Waals surface area contributed by atoms with Gasteiger partial charge in [0.05, 0.1) is 14.2 Å². The molecular formula is C10H13NO4. The van der Waals surface area contributed by atoms with E-state index in [-0.39, 0.29) is 11.3 Å². The molecule has 0 aliphatic rings. The third kappa shape index (κ3) is 2.19. The zero-order valence-corrected chi connectivity index (χ0v) is 8.85. The second kappa shape index (κ2) is 4.65. The molecule has 0 spiro atoms. The zero-order chi connectivity index (χ0) is 11.4. The van der Waals surface area contributed by atoms with Gasteiger partial charge >= 0.3 is 0 Å². The lowest BCUT2D eigenvalue weighted by molar-refractivity contribution is -0.0759. The predicted octanol–water partition coefficient (Wildman–Crippen LogP) is 1.03. The fourth-order valence-electron chi connectivity index (χ4n) is 1.14. The molecule has 0 unspecified atom stereocenters. The molecule has 0 atom stereocenters. The van der Waals surface area contributed by atoms with Crippen LogP contribution < -0.4 is 4.74 Å². The first-order valence-corrected chi connectivity index (χ1v) is 4.30. The van der Waals surface area contributed by atoms with Crippen LogP contribution in [0.15, 0.2) is 18.2 Å². The minimum atomic E-state index is -0.465. The average molecular weight is 211 g/mol. The summed E-state index contributed by atoms with van der Waals surface area (Å²) in [6, 6.07) is 4.60. The molecule has 0 aliphatic heterocycles. The lowest BCUT2D eigenvalue weighted by atomic mass is 10.1. The highest BCUT2D eigenvalue weighted by atomic mass is 16.7. The van der Waals surface area contributed by atoms with E-state index in [1.807, 2.05) is 0 Å². The minimum Gasteiger partial charge on any atom is -0.507 e. The van der Waals surface area contributed by atoms with Crippen molar-refractivity contribution in [2.75, 3.05) is 21.3 Å². The van der Waals surface area contributed by atoms with Gasteiger partial charge in [0.25, 0.3) is 5.91 Å². The molecule has 0 bridgehead atoms. The molecule has 0 aromatic heterocycles. The van der Waals surface area contributed by atoms with Crippen LogP contribution in [-0.4, -0.2) is 37.3 Å². The van der Waals surface area contributed by atoms with Gasteiger partial charge in [-0.1, -0.05) is 6.07 Å². The molecule has 1 aromatic rings. The van der Waals surface area contributed by atoms with Crippen LogP contribution in [0.3, 0.4) is 0 Å². The van der Waals surface area contributed by atoms with Crippen molar-refractivity contribution in [1.29, 1.82) is 0 Å². The first-order valence-electron chi connectivity index (χ1n) is 4.30. The fraction of sp³-hybridized carbons (Fsp3) is 0.300. The number of ether oxygens (including phenoxy) is 1. The van der Waals surface area contributed by atoms with Gasteiger partial charge in [-0.2, -0.15) is 0 Å². The highest BCUT2D eigenvalue weighted by Crippen LogP contribution is 2.28. The van der Waals surface area contributed by atoms with E-state index in [0.717, 1.165) is 5.06 Å². The molecule has 1 rings (SSSR count). The Balaban J connectivity index is 3.17. The number of phenolic OH excluding ortho intramolecular Hbond substituents is 1. The zero-order valence-electron chi connectivity index (χ0n) is 8.85. The first-order chi connectivity index (χ1) is 7.11. The number of phenols is 1. The van der Waals surface area contributed by atoms with Crippen molar-refractivity contribution < 1.29 is 19.5 Å². The van der Waals surface area contributed by atoms with Crippen LogP contribution in [0, 0.1) is 0 Å². The molecule has 15 heavy (non-hydrogen) atoms. The Morgan fingerprint density at radius 3 is 2.60 bits per heavy atom. The number of carbonyl (C=O) groups is 1. The summed E-state index contributed by atoms with van der Waals surface area (Å²) in [7, 11) is 4.25. The number of nitrogens with zero attached hydrogens (tertiary/aromatic N) is 1. The molecule has 0 heterocycles. The SMILES string of the molecule is COc1cccc(O)c1C(=O)N(C)OC. The summed E-state index contributed by atoms with van der Waals surface area (Å²) in [5.41, 5.74) is 0.0874. The van der Waals surface area contributed by atoms with Gasteiger partial charge in [0.1, 0.15) is 17.1 Å². The molecule has 0 radical (unpaired) electrons. The summed E-state index contributed by atoms with van der Waals surface area (Å²) in [6.45, 7) is 0. The van der Waals surface area contributed by atoms with Crippen molar-refractivity contribution in [2.24, 2.45) is 0 Å². The number of rotatable bonds is 3. The molecule has 0 saturated carbocycles. The number of methoxy groups -OCH3 is 1. The summed E-state index contributed by atoms with van der Waals surface area (Å²) in [4.78, 5) is 16.5. The topological polar surface area (TPSA) is 59.0 Å². The highest BCUT2D eigenvalue weighted by Gasteiger charge is 2.20. The van der Waals surface area contributed by atoms with E-state index in [1.54, 1.807) is 12.1 Å². The summed E-state index contributed by atoms with van der Waals surface area (Å²) in [6.07, 6.45) is 0. The quantitative estimate of drug-likeness (QED) is 0.759. The van der Waals surface area contributed by atoms with E-state index in [9.17, 15) is 9.90 Å². The molecule has 0 fully saturated rings. The van der Waals surface area contributed by atoms with Gasteiger partial charge in [-0.3, -0.25) is 9.63 Å². The molecule has 1 amide bonds. The number of hydrogen-bond acceptors (Lipinski definition) is 4. The van der Waals surface area contributed by atoms with E-state index in [4.69, 9.17) is 9.57 Å². The Bertz CT molecular complexity index is 364. The minimum absolute atomic E-state index is 0.0874. The summed E-state index contributed by atoms with van der Waals surface area (Å²) in [5, 5.41) is 10.6. The van der Waals surface area contributed by atoms with Crippen LogP contribution in [0.4, 0.5) is 0 Å². The second-order valence-electron chi connectivity index (χ2n) is 2.84. The third-order valence-electron chi connectivity index (χ3n) is 2.00. The maximum atomic E-state index is 11.7. The summed E-state index contributed by atoms with van der Waals surface area (Å²) >= 11 is 0. The molecule has 82 valence electrons. The van der Waals surface area contributed by atoms with Crippen molar-refractivity contribution in [1.82, 2.24) is 5.06 Å². The average Bonchev–Trinajstić information content (AvgIpc) is 2.26. The molecule has 5 heteroatoms. The Morgan fingerprint density at radius 2 is 2.07 bits per heavy atom. The van der Waals surface area contributed by atoms with Crippen molar-refractivity contribution in [3.05, 3.63) is 23.8 Å². The van der Waals surface area contributed by atoms with Gasteiger partial charge in [-0.05, 0) is 12.1 Å². The maximum absolute atomic E-state index is 11.7. The molecular weight excluding hydrogens is 198 g/mol. The normalized spacial score (nSPS) is 9.80. The number of benzene rings is 1. The Labute approximate surface area is 87.8 Å². The maximum Gasteiger partial charge on any atom is 0.284 e. The van der Waals surface area contributed by atoms with Gasteiger partial charge < -0.3 is 9.84 Å². The van der Waals surface area contributed by atoms with Gasteiger partial charge in [0, 0.05) is 7.05 Å². The van der Waals surface area contributed by atoms with E-state index < -0.39 is 5.91 Å². The molecule has 5 nitrogen and oxygen atoms in total. The Hall–Kier alpha value is -1.75. The first kappa shape index (κ1) is 11.3.